The highest BCUT2D eigenvalue weighted by atomic mass is 32.1. The first-order chi connectivity index (χ1) is 16.3. The molecule has 5 nitrogen and oxygen atoms in total. The van der Waals surface area contributed by atoms with Gasteiger partial charge in [0.05, 0.1) is 5.69 Å². The van der Waals surface area contributed by atoms with E-state index in [0.29, 0.717) is 29.0 Å². The van der Waals surface area contributed by atoms with Crippen molar-refractivity contribution in [2.75, 3.05) is 5.06 Å². The van der Waals surface area contributed by atoms with Crippen LogP contribution in [-0.2, 0) is 4.84 Å². The summed E-state index contributed by atoms with van der Waals surface area (Å²) < 4.78 is 0. The number of thiocarbonyl (C=S) groups is 1. The smallest absolute Gasteiger partial charge is 0.259 e. The van der Waals surface area contributed by atoms with E-state index in [2.05, 4.69) is 0 Å². The zero-order valence-corrected chi connectivity index (χ0v) is 20.0. The quantitative estimate of drug-likeness (QED) is 0.374. The molecular formula is C28H26N2O3S. The number of likely N-dealkylation sites (tertiary alicyclic amines) is 1. The van der Waals surface area contributed by atoms with Crippen molar-refractivity contribution in [2.45, 2.75) is 43.9 Å². The summed E-state index contributed by atoms with van der Waals surface area (Å²) in [4.78, 5) is 35.8. The van der Waals surface area contributed by atoms with Gasteiger partial charge in [0, 0.05) is 29.5 Å². The van der Waals surface area contributed by atoms with Gasteiger partial charge < -0.3 is 0 Å². The molecule has 0 bridgehead atoms. The summed E-state index contributed by atoms with van der Waals surface area (Å²) in [5.41, 5.74) is 0.465. The molecule has 2 aliphatic rings. The minimum atomic E-state index is -0.936. The predicted molar refractivity (Wildman–Crippen MR) is 136 cm³/mol. The first-order valence-electron chi connectivity index (χ1n) is 11.4. The first-order valence-corrected chi connectivity index (χ1v) is 11.8. The molecule has 0 aliphatic carbocycles. The van der Waals surface area contributed by atoms with E-state index in [-0.39, 0.29) is 11.7 Å². The van der Waals surface area contributed by atoms with Crippen LogP contribution in [0.5, 0.6) is 0 Å². The minimum Gasteiger partial charge on any atom is -0.294 e. The van der Waals surface area contributed by atoms with Crippen LogP contribution in [0.1, 0.15) is 47.4 Å². The number of carbonyl (C=O) groups excluding carboxylic acids is 2. The Hall–Kier alpha value is -3.35. The number of Topliss-reactive ketones (excluding diaryl/α,β-unsaturated/α-hetero) is 1. The molecule has 0 aromatic heterocycles. The largest absolute Gasteiger partial charge is 0.294 e. The second-order valence-corrected chi connectivity index (χ2v) is 9.88. The third kappa shape index (κ3) is 3.73. The number of amides is 1. The summed E-state index contributed by atoms with van der Waals surface area (Å²) in [6, 6.07) is 27.4. The normalized spacial score (nSPS) is 23.5. The highest BCUT2D eigenvalue weighted by molar-refractivity contribution is 7.80. The Bertz CT molecular complexity index is 1230. The van der Waals surface area contributed by atoms with Gasteiger partial charge in [-0.05, 0) is 38.1 Å². The molecule has 0 unspecified atom stereocenters. The van der Waals surface area contributed by atoms with Crippen molar-refractivity contribution in [3.05, 3.63) is 102 Å². The van der Waals surface area contributed by atoms with E-state index in [9.17, 15) is 9.59 Å². The molecule has 2 saturated heterocycles. The molecule has 172 valence electrons. The maximum atomic E-state index is 13.6. The number of nitrogens with zero attached hydrogens (tertiary/aromatic N) is 2. The van der Waals surface area contributed by atoms with Gasteiger partial charge in [-0.25, -0.2) is 5.06 Å². The van der Waals surface area contributed by atoms with E-state index in [4.69, 9.17) is 17.1 Å². The third-order valence-corrected chi connectivity index (χ3v) is 7.15. The Morgan fingerprint density at radius 3 is 1.97 bits per heavy atom. The third-order valence-electron chi connectivity index (χ3n) is 6.59. The van der Waals surface area contributed by atoms with Crippen molar-refractivity contribution in [1.29, 1.82) is 0 Å². The minimum absolute atomic E-state index is 0.0326. The fourth-order valence-electron chi connectivity index (χ4n) is 5.13. The zero-order chi connectivity index (χ0) is 23.9. The van der Waals surface area contributed by atoms with Crippen LogP contribution in [0, 0.1) is 0 Å². The van der Waals surface area contributed by atoms with Crippen molar-refractivity contribution in [3.8, 4) is 0 Å². The van der Waals surface area contributed by atoms with Gasteiger partial charge in [0.1, 0.15) is 11.0 Å². The average Bonchev–Trinajstić information content (AvgIpc) is 3.33. The van der Waals surface area contributed by atoms with E-state index >= 15 is 0 Å². The van der Waals surface area contributed by atoms with Gasteiger partial charge >= 0.3 is 0 Å². The summed E-state index contributed by atoms with van der Waals surface area (Å²) >= 11 is 5.94. The second kappa shape index (κ2) is 8.46. The number of rotatable bonds is 4. The molecular weight excluding hydrogens is 444 g/mol. The predicted octanol–water partition coefficient (Wildman–Crippen LogP) is 5.47. The van der Waals surface area contributed by atoms with Crippen LogP contribution in [0.15, 0.2) is 91.0 Å². The molecule has 0 N–H and O–H groups in total. The molecule has 0 radical (unpaired) electrons. The van der Waals surface area contributed by atoms with Gasteiger partial charge in [0.2, 0.25) is 0 Å². The highest BCUT2D eigenvalue weighted by Gasteiger charge is 2.62. The number of hydrogen-bond acceptors (Lipinski definition) is 5. The molecule has 0 saturated carbocycles. The number of hydrogen-bond donors (Lipinski definition) is 0. The number of carbonyl (C=O) groups is 2. The number of para-hydroxylation sites is 1. The van der Waals surface area contributed by atoms with Crippen LogP contribution < -0.4 is 5.06 Å². The molecule has 2 fully saturated rings. The summed E-state index contributed by atoms with van der Waals surface area (Å²) in [5, 5.41) is 1.69. The highest BCUT2D eigenvalue weighted by Crippen LogP contribution is 2.49. The molecule has 1 spiro atoms. The number of hydroxylamine groups is 1. The summed E-state index contributed by atoms with van der Waals surface area (Å²) in [6.45, 7) is 3.99. The molecule has 2 heterocycles. The molecule has 2 aliphatic heterocycles. The maximum Gasteiger partial charge on any atom is 0.259 e. The molecule has 6 heteroatoms. The molecule has 3 aromatic carbocycles. The Balaban J connectivity index is 1.53. The lowest BCUT2D eigenvalue weighted by molar-refractivity contribution is 0.0335. The lowest BCUT2D eigenvalue weighted by Gasteiger charge is -2.30. The van der Waals surface area contributed by atoms with Crippen molar-refractivity contribution in [1.82, 2.24) is 4.90 Å². The van der Waals surface area contributed by atoms with E-state index < -0.39 is 17.2 Å². The average molecular weight is 471 g/mol. The number of anilines is 1. The van der Waals surface area contributed by atoms with Crippen LogP contribution in [0.4, 0.5) is 5.69 Å². The number of ketones is 1. The molecule has 2 atom stereocenters. The summed E-state index contributed by atoms with van der Waals surface area (Å²) in [5.74, 6) is -0.185. The zero-order valence-electron chi connectivity index (χ0n) is 19.2. The van der Waals surface area contributed by atoms with Gasteiger partial charge in [-0.3, -0.25) is 19.3 Å². The van der Waals surface area contributed by atoms with Crippen LogP contribution >= 0.6 is 12.2 Å². The van der Waals surface area contributed by atoms with Gasteiger partial charge in [-0.15, -0.1) is 0 Å². The van der Waals surface area contributed by atoms with E-state index in [1.165, 1.54) is 0 Å². The Labute approximate surface area is 204 Å². The monoisotopic (exact) mass is 470 g/mol. The topological polar surface area (TPSA) is 49.9 Å². The second-order valence-electron chi connectivity index (χ2n) is 9.50. The lowest BCUT2D eigenvalue weighted by Crippen LogP contribution is -2.46. The Morgan fingerprint density at radius 2 is 1.38 bits per heavy atom. The first kappa shape index (κ1) is 22.4. The summed E-state index contributed by atoms with van der Waals surface area (Å²) in [7, 11) is 0. The van der Waals surface area contributed by atoms with Crippen molar-refractivity contribution >= 4 is 34.6 Å². The fraction of sp³-hybridized carbons (Fsp3) is 0.250. The van der Waals surface area contributed by atoms with E-state index in [0.717, 1.165) is 5.69 Å². The van der Waals surface area contributed by atoms with Crippen LogP contribution in [0.25, 0.3) is 0 Å². The van der Waals surface area contributed by atoms with Crippen LogP contribution in [0.3, 0.4) is 0 Å². The molecule has 1 amide bonds. The fourth-order valence-corrected chi connectivity index (χ4v) is 5.65. The van der Waals surface area contributed by atoms with Crippen LogP contribution in [-0.4, -0.2) is 38.8 Å². The van der Waals surface area contributed by atoms with Crippen LogP contribution in [0.2, 0.25) is 0 Å². The molecule has 34 heavy (non-hydrogen) atoms. The van der Waals surface area contributed by atoms with Gasteiger partial charge in [0.15, 0.2) is 11.4 Å². The van der Waals surface area contributed by atoms with Crippen molar-refractivity contribution in [2.24, 2.45) is 0 Å². The van der Waals surface area contributed by atoms with Gasteiger partial charge in [-0.1, -0.05) is 78.9 Å². The molecule has 3 aromatic rings. The number of benzene rings is 3. The standard InChI is InChI=1S/C28H26N2O3S/c1-27(2)19-28(26(34)29(27)25(32)21-14-8-4-9-15-21)18-23(24(31)20-12-6-3-7-13-20)30(33-28)22-16-10-5-11-17-22/h3-17,23H,18-19H2,1-2H3/t23-,28-/m0/s1. The van der Waals surface area contributed by atoms with E-state index in [1.54, 1.807) is 22.1 Å². The summed E-state index contributed by atoms with van der Waals surface area (Å²) in [6.07, 6.45) is 0.871. The van der Waals surface area contributed by atoms with E-state index in [1.807, 2.05) is 92.7 Å². The Morgan fingerprint density at radius 1 is 0.853 bits per heavy atom. The Kier molecular flexibility index (Phi) is 5.58. The SMILES string of the molecule is CC1(C)C[C@@]2(C[C@@H](C(=O)c3ccccc3)N(c3ccccc3)O2)C(=S)N1C(=O)c1ccccc1. The molecule has 5 rings (SSSR count). The van der Waals surface area contributed by atoms with Crippen molar-refractivity contribution < 1.29 is 14.4 Å². The van der Waals surface area contributed by atoms with Crippen molar-refractivity contribution in [3.63, 3.8) is 0 Å². The van der Waals surface area contributed by atoms with Gasteiger partial charge in [-0.2, -0.15) is 0 Å². The maximum absolute atomic E-state index is 13.6. The lowest BCUT2D eigenvalue weighted by atomic mass is 9.86. The van der Waals surface area contributed by atoms with Gasteiger partial charge in [0.25, 0.3) is 5.91 Å².